The smallest absolute Gasteiger partial charge is 0.231 e. The van der Waals surface area contributed by atoms with E-state index in [1.54, 1.807) is 18.5 Å². The van der Waals surface area contributed by atoms with Crippen LogP contribution in [0.5, 0.6) is 5.88 Å². The largest absolute Gasteiger partial charge is 0.473 e. The van der Waals surface area contributed by atoms with Crippen LogP contribution in [0.4, 0.5) is 5.82 Å². The molecule has 0 unspecified atom stereocenters. The molecule has 4 aromatic rings. The molecule has 0 saturated heterocycles. The third-order valence-electron chi connectivity index (χ3n) is 3.95. The number of nitrogens with two attached hydrogens (primary N) is 1. The average Bonchev–Trinajstić information content (AvgIpc) is 3.17. The highest BCUT2D eigenvalue weighted by Gasteiger charge is 2.12. The highest BCUT2D eigenvalue weighted by Crippen LogP contribution is 2.21. The minimum atomic E-state index is 0.377. The lowest BCUT2D eigenvalue weighted by atomic mass is 10.1. The molecule has 0 radical (unpaired) electrons. The second kappa shape index (κ2) is 7.65. The summed E-state index contributed by atoms with van der Waals surface area (Å²) in [5.41, 5.74) is 8.63. The minimum Gasteiger partial charge on any atom is -0.473 e. The summed E-state index contributed by atoms with van der Waals surface area (Å²) >= 11 is 0. The number of benzene rings is 1. The van der Waals surface area contributed by atoms with Gasteiger partial charge in [-0.05, 0) is 29.3 Å². The summed E-state index contributed by atoms with van der Waals surface area (Å²) < 4.78 is 11.0. The summed E-state index contributed by atoms with van der Waals surface area (Å²) in [7, 11) is 0. The molecule has 0 bridgehead atoms. The molecule has 0 fully saturated rings. The lowest BCUT2D eigenvalue weighted by Gasteiger charge is -2.05. The van der Waals surface area contributed by atoms with Crippen LogP contribution in [0.3, 0.4) is 0 Å². The molecule has 7 heteroatoms. The van der Waals surface area contributed by atoms with Crippen molar-refractivity contribution in [3.8, 4) is 17.3 Å². The van der Waals surface area contributed by atoms with Gasteiger partial charge in [0, 0.05) is 18.5 Å². The molecule has 0 saturated carbocycles. The van der Waals surface area contributed by atoms with E-state index in [1.807, 2.05) is 48.5 Å². The molecular formula is C20H17N5O2. The predicted molar refractivity (Wildman–Crippen MR) is 99.8 cm³/mol. The molecule has 0 atom stereocenters. The first-order valence-corrected chi connectivity index (χ1v) is 8.43. The highest BCUT2D eigenvalue weighted by atomic mass is 16.5. The molecule has 0 aliphatic carbocycles. The Morgan fingerprint density at radius 3 is 2.48 bits per heavy atom. The number of pyridine rings is 2. The summed E-state index contributed by atoms with van der Waals surface area (Å²) in [6.07, 6.45) is 3.86. The van der Waals surface area contributed by atoms with E-state index in [2.05, 4.69) is 20.1 Å². The SMILES string of the molecule is Nc1ncccc1-c1noc(Cc2ccc(COc3ccccn3)cc2)n1. The Morgan fingerprint density at radius 1 is 0.889 bits per heavy atom. The van der Waals surface area contributed by atoms with Crippen LogP contribution in [-0.4, -0.2) is 20.1 Å². The molecule has 3 heterocycles. The van der Waals surface area contributed by atoms with Gasteiger partial charge >= 0.3 is 0 Å². The van der Waals surface area contributed by atoms with Gasteiger partial charge in [0.05, 0.1) is 12.0 Å². The van der Waals surface area contributed by atoms with Crippen LogP contribution >= 0.6 is 0 Å². The summed E-state index contributed by atoms with van der Waals surface area (Å²) in [6.45, 7) is 0.461. The number of hydrogen-bond donors (Lipinski definition) is 1. The van der Waals surface area contributed by atoms with Crippen molar-refractivity contribution >= 4 is 5.82 Å². The van der Waals surface area contributed by atoms with Crippen molar-refractivity contribution in [2.24, 2.45) is 0 Å². The van der Waals surface area contributed by atoms with Crippen molar-refractivity contribution in [3.63, 3.8) is 0 Å². The molecule has 7 nitrogen and oxygen atoms in total. The number of hydrogen-bond acceptors (Lipinski definition) is 7. The first-order chi connectivity index (χ1) is 13.3. The first-order valence-electron chi connectivity index (χ1n) is 8.43. The van der Waals surface area contributed by atoms with E-state index in [1.165, 1.54) is 0 Å². The standard InChI is InChI=1S/C20H17N5O2/c21-19-16(4-3-11-23-19)20-24-18(27-25-20)12-14-6-8-15(9-7-14)13-26-17-5-1-2-10-22-17/h1-11H,12-13H2,(H2,21,23). The maximum absolute atomic E-state index is 5.85. The van der Waals surface area contributed by atoms with Gasteiger partial charge < -0.3 is 15.0 Å². The van der Waals surface area contributed by atoms with Crippen molar-refractivity contribution < 1.29 is 9.26 Å². The minimum absolute atomic E-state index is 0.377. The van der Waals surface area contributed by atoms with Crippen LogP contribution in [0.1, 0.15) is 17.0 Å². The van der Waals surface area contributed by atoms with Gasteiger partial charge in [0.2, 0.25) is 17.6 Å². The topological polar surface area (TPSA) is 100.0 Å². The van der Waals surface area contributed by atoms with E-state index in [0.29, 0.717) is 42.0 Å². The Balaban J connectivity index is 1.39. The van der Waals surface area contributed by atoms with Crippen LogP contribution in [0.25, 0.3) is 11.4 Å². The van der Waals surface area contributed by atoms with Crippen molar-refractivity contribution in [2.75, 3.05) is 5.73 Å². The fourth-order valence-corrected chi connectivity index (χ4v) is 2.56. The van der Waals surface area contributed by atoms with Gasteiger partial charge in [0.1, 0.15) is 12.4 Å². The molecule has 27 heavy (non-hydrogen) atoms. The molecule has 0 aliphatic heterocycles. The van der Waals surface area contributed by atoms with Gasteiger partial charge in [0.25, 0.3) is 0 Å². The molecule has 0 amide bonds. The van der Waals surface area contributed by atoms with Crippen molar-refractivity contribution in [2.45, 2.75) is 13.0 Å². The first kappa shape index (κ1) is 16.7. The van der Waals surface area contributed by atoms with Gasteiger partial charge in [-0.2, -0.15) is 4.98 Å². The maximum atomic E-state index is 5.85. The number of anilines is 1. The zero-order valence-corrected chi connectivity index (χ0v) is 14.4. The fourth-order valence-electron chi connectivity index (χ4n) is 2.56. The van der Waals surface area contributed by atoms with Gasteiger partial charge in [0.15, 0.2) is 0 Å². The monoisotopic (exact) mass is 359 g/mol. The van der Waals surface area contributed by atoms with E-state index < -0.39 is 0 Å². The Kier molecular flexibility index (Phi) is 4.74. The van der Waals surface area contributed by atoms with Crippen LogP contribution in [0.15, 0.2) is 71.5 Å². The van der Waals surface area contributed by atoms with E-state index in [9.17, 15) is 0 Å². The number of nitrogen functional groups attached to an aromatic ring is 1. The number of aromatic nitrogens is 4. The van der Waals surface area contributed by atoms with Crippen molar-refractivity contribution in [1.29, 1.82) is 0 Å². The Morgan fingerprint density at radius 2 is 1.70 bits per heavy atom. The third kappa shape index (κ3) is 4.09. The lowest BCUT2D eigenvalue weighted by molar-refractivity contribution is 0.294. The summed E-state index contributed by atoms with van der Waals surface area (Å²) in [6, 6.07) is 17.2. The molecule has 0 aliphatic rings. The number of rotatable bonds is 6. The van der Waals surface area contributed by atoms with Gasteiger partial charge in [-0.15, -0.1) is 0 Å². The molecule has 2 N–H and O–H groups in total. The van der Waals surface area contributed by atoms with Crippen LogP contribution < -0.4 is 10.5 Å². The van der Waals surface area contributed by atoms with Crippen molar-refractivity contribution in [1.82, 2.24) is 20.1 Å². The fraction of sp³-hybridized carbons (Fsp3) is 0.100. The molecule has 134 valence electrons. The van der Waals surface area contributed by atoms with E-state index >= 15 is 0 Å². The molecule has 3 aromatic heterocycles. The average molecular weight is 359 g/mol. The molecule has 0 spiro atoms. The molecule has 1 aromatic carbocycles. The second-order valence-corrected chi connectivity index (χ2v) is 5.90. The summed E-state index contributed by atoms with van der Waals surface area (Å²) in [5, 5.41) is 3.99. The van der Waals surface area contributed by atoms with Crippen LogP contribution in [0, 0.1) is 0 Å². The van der Waals surface area contributed by atoms with E-state index in [4.69, 9.17) is 15.0 Å². The second-order valence-electron chi connectivity index (χ2n) is 5.90. The quantitative estimate of drug-likeness (QED) is 0.564. The van der Waals surface area contributed by atoms with Gasteiger partial charge in [-0.3, -0.25) is 0 Å². The molecule has 4 rings (SSSR count). The summed E-state index contributed by atoms with van der Waals surface area (Å²) in [5.74, 6) is 1.94. The van der Waals surface area contributed by atoms with Crippen molar-refractivity contribution in [3.05, 3.63) is 84.0 Å². The van der Waals surface area contributed by atoms with E-state index in [-0.39, 0.29) is 0 Å². The van der Waals surface area contributed by atoms with Crippen LogP contribution in [0.2, 0.25) is 0 Å². The third-order valence-corrected chi connectivity index (χ3v) is 3.95. The Labute approximate surface area is 155 Å². The molecular weight excluding hydrogens is 342 g/mol. The predicted octanol–water partition coefficient (Wildman–Crippen LogP) is 3.28. The lowest BCUT2D eigenvalue weighted by Crippen LogP contribution is -1.97. The maximum Gasteiger partial charge on any atom is 0.231 e. The van der Waals surface area contributed by atoms with Gasteiger partial charge in [-0.1, -0.05) is 35.5 Å². The zero-order valence-electron chi connectivity index (χ0n) is 14.4. The highest BCUT2D eigenvalue weighted by molar-refractivity contribution is 5.67. The summed E-state index contributed by atoms with van der Waals surface area (Å²) in [4.78, 5) is 12.6. The Hall–Kier alpha value is -3.74. The number of ether oxygens (including phenoxy) is 1. The van der Waals surface area contributed by atoms with E-state index in [0.717, 1.165) is 11.1 Å². The zero-order chi connectivity index (χ0) is 18.5. The van der Waals surface area contributed by atoms with Gasteiger partial charge in [-0.25, -0.2) is 9.97 Å². The normalized spacial score (nSPS) is 10.7. The van der Waals surface area contributed by atoms with Crippen LogP contribution in [-0.2, 0) is 13.0 Å². The Bertz CT molecular complexity index is 1020. The number of nitrogens with zero attached hydrogens (tertiary/aromatic N) is 4.